The van der Waals surface area contributed by atoms with Gasteiger partial charge in [-0.25, -0.2) is 0 Å². The maximum atomic E-state index is 12.2. The molecule has 2 N–H and O–H groups in total. The molecule has 0 unspecified atom stereocenters. The molecule has 8 heteroatoms. The Labute approximate surface area is 116 Å². The summed E-state index contributed by atoms with van der Waals surface area (Å²) in [6, 6.07) is 4.16. The number of nitro groups is 1. The van der Waals surface area contributed by atoms with E-state index in [1.807, 2.05) is 0 Å². The topological polar surface area (TPSA) is 104 Å². The quantitative estimate of drug-likeness (QED) is 0.608. The lowest BCUT2D eigenvalue weighted by Gasteiger charge is -2.16. The zero-order valence-electron chi connectivity index (χ0n) is 9.69. The zero-order chi connectivity index (χ0) is 14.2. The molecule has 2 rings (SSSR count). The van der Waals surface area contributed by atoms with Crippen LogP contribution in [0, 0.1) is 10.1 Å². The van der Waals surface area contributed by atoms with Crippen LogP contribution in [-0.4, -0.2) is 51.2 Å². The summed E-state index contributed by atoms with van der Waals surface area (Å²) in [4.78, 5) is 23.7. The fraction of sp³-hybridized carbons (Fsp3) is 0.364. The molecule has 0 saturated carbocycles. The molecular weight excluding hydrogens is 320 g/mol. The van der Waals surface area contributed by atoms with E-state index >= 15 is 0 Å². The Balaban J connectivity index is 2.30. The van der Waals surface area contributed by atoms with Crippen LogP contribution in [-0.2, 0) is 0 Å². The number of rotatable bonds is 2. The summed E-state index contributed by atoms with van der Waals surface area (Å²) in [6.07, 6.45) is -1.97. The predicted octanol–water partition coefficient (Wildman–Crippen LogP) is 0.535. The number of halogens is 1. The predicted molar refractivity (Wildman–Crippen MR) is 68.7 cm³/mol. The van der Waals surface area contributed by atoms with E-state index in [0.29, 0.717) is 0 Å². The van der Waals surface area contributed by atoms with Crippen LogP contribution in [0.4, 0.5) is 5.69 Å². The maximum absolute atomic E-state index is 12.2. The first-order chi connectivity index (χ1) is 8.91. The van der Waals surface area contributed by atoms with Crippen molar-refractivity contribution in [3.63, 3.8) is 0 Å². The van der Waals surface area contributed by atoms with E-state index in [1.165, 1.54) is 23.1 Å². The first-order valence-electron chi connectivity index (χ1n) is 5.50. The smallest absolute Gasteiger partial charge is 0.284 e. The highest BCUT2D eigenvalue weighted by molar-refractivity contribution is 9.10. The molecule has 102 valence electrons. The third kappa shape index (κ3) is 2.60. The second-order valence-electron chi connectivity index (χ2n) is 4.24. The van der Waals surface area contributed by atoms with Crippen molar-refractivity contribution in [3.05, 3.63) is 38.3 Å². The van der Waals surface area contributed by atoms with E-state index in [4.69, 9.17) is 0 Å². The van der Waals surface area contributed by atoms with Gasteiger partial charge in [0.25, 0.3) is 11.6 Å². The minimum absolute atomic E-state index is 0.00906. The lowest BCUT2D eigenvalue weighted by molar-refractivity contribution is -0.385. The minimum Gasteiger partial charge on any atom is -0.388 e. The number of nitro benzene ring substituents is 1. The van der Waals surface area contributed by atoms with Crippen LogP contribution >= 0.6 is 15.9 Å². The fourth-order valence-corrected chi connectivity index (χ4v) is 2.51. The molecule has 1 saturated heterocycles. The number of carbonyl (C=O) groups is 1. The Kier molecular flexibility index (Phi) is 3.83. The van der Waals surface area contributed by atoms with Gasteiger partial charge in [-0.2, -0.15) is 0 Å². The van der Waals surface area contributed by atoms with Gasteiger partial charge in [0.1, 0.15) is 4.47 Å². The van der Waals surface area contributed by atoms with Crippen LogP contribution in [0.15, 0.2) is 22.7 Å². The molecule has 1 amide bonds. The van der Waals surface area contributed by atoms with E-state index < -0.39 is 23.0 Å². The van der Waals surface area contributed by atoms with Crippen LogP contribution in [0.2, 0.25) is 0 Å². The molecule has 0 aliphatic carbocycles. The largest absolute Gasteiger partial charge is 0.388 e. The molecule has 0 radical (unpaired) electrons. The first-order valence-corrected chi connectivity index (χ1v) is 6.29. The number of carbonyl (C=O) groups excluding carboxylic acids is 1. The molecule has 0 aromatic heterocycles. The normalized spacial score (nSPS) is 22.6. The van der Waals surface area contributed by atoms with Crippen molar-refractivity contribution < 1.29 is 19.9 Å². The van der Waals surface area contributed by atoms with Gasteiger partial charge in [-0.05, 0) is 22.0 Å². The van der Waals surface area contributed by atoms with Crippen LogP contribution in [0.1, 0.15) is 10.4 Å². The Bertz CT molecular complexity index is 526. The third-order valence-corrected chi connectivity index (χ3v) is 3.79. The molecule has 1 aliphatic rings. The average molecular weight is 331 g/mol. The second-order valence-corrected chi connectivity index (χ2v) is 5.03. The number of benzene rings is 1. The van der Waals surface area contributed by atoms with E-state index in [1.54, 1.807) is 0 Å². The number of hydrogen-bond acceptors (Lipinski definition) is 5. The molecule has 1 heterocycles. The standard InChI is InChI=1S/C11H11BrN2O5/c12-10-6(2-1-3-7(10)14(18)19)11(17)13-4-8(15)9(16)5-13/h1-3,8-9,15-16H,4-5H2/t8-,9+. The molecule has 1 aliphatic heterocycles. The Morgan fingerprint density at radius 3 is 2.47 bits per heavy atom. The third-order valence-electron chi connectivity index (χ3n) is 2.95. The molecule has 0 bridgehead atoms. The SMILES string of the molecule is O=C(c1cccc([N+](=O)[O-])c1Br)N1C[C@@H](O)[C@@H](O)C1. The van der Waals surface area contributed by atoms with Gasteiger partial charge in [-0.15, -0.1) is 0 Å². The van der Waals surface area contributed by atoms with Crippen LogP contribution in [0.3, 0.4) is 0 Å². The Hall–Kier alpha value is -1.51. The van der Waals surface area contributed by atoms with Gasteiger partial charge in [-0.1, -0.05) is 6.07 Å². The van der Waals surface area contributed by atoms with E-state index in [-0.39, 0.29) is 28.8 Å². The Morgan fingerprint density at radius 1 is 1.37 bits per heavy atom. The van der Waals surface area contributed by atoms with Crippen LogP contribution in [0.5, 0.6) is 0 Å². The van der Waals surface area contributed by atoms with Crippen molar-refractivity contribution >= 4 is 27.5 Å². The monoisotopic (exact) mass is 330 g/mol. The van der Waals surface area contributed by atoms with Gasteiger partial charge in [0.2, 0.25) is 0 Å². The highest BCUT2D eigenvalue weighted by atomic mass is 79.9. The van der Waals surface area contributed by atoms with E-state index in [2.05, 4.69) is 15.9 Å². The van der Waals surface area contributed by atoms with Crippen molar-refractivity contribution in [1.82, 2.24) is 4.90 Å². The van der Waals surface area contributed by atoms with Gasteiger partial charge in [-0.3, -0.25) is 14.9 Å². The van der Waals surface area contributed by atoms with Gasteiger partial charge >= 0.3 is 0 Å². The Morgan fingerprint density at radius 2 is 1.95 bits per heavy atom. The molecule has 0 spiro atoms. The maximum Gasteiger partial charge on any atom is 0.284 e. The molecule has 19 heavy (non-hydrogen) atoms. The van der Waals surface area contributed by atoms with Gasteiger partial charge < -0.3 is 15.1 Å². The number of amides is 1. The van der Waals surface area contributed by atoms with Crippen molar-refractivity contribution in [3.8, 4) is 0 Å². The van der Waals surface area contributed by atoms with E-state index in [9.17, 15) is 25.1 Å². The number of likely N-dealkylation sites (tertiary alicyclic amines) is 1. The van der Waals surface area contributed by atoms with Gasteiger partial charge in [0.05, 0.1) is 22.7 Å². The highest BCUT2D eigenvalue weighted by Gasteiger charge is 2.34. The summed E-state index contributed by atoms with van der Waals surface area (Å²) in [5.74, 6) is -0.467. The number of aliphatic hydroxyl groups is 2. The number of nitrogens with zero attached hydrogens (tertiary/aromatic N) is 2. The van der Waals surface area contributed by atoms with Crippen molar-refractivity contribution in [1.29, 1.82) is 0 Å². The zero-order valence-corrected chi connectivity index (χ0v) is 11.3. The molecule has 1 aromatic carbocycles. The number of β-amino-alcohol motifs (C(OH)–C–C–N with tert-alkyl or cyclic N) is 2. The minimum atomic E-state index is -0.985. The summed E-state index contributed by atoms with van der Waals surface area (Å²) in [7, 11) is 0. The summed E-state index contributed by atoms with van der Waals surface area (Å²) < 4.78 is 0.0980. The summed E-state index contributed by atoms with van der Waals surface area (Å²) in [5, 5.41) is 29.6. The number of aliphatic hydroxyl groups excluding tert-OH is 2. The van der Waals surface area contributed by atoms with Crippen LogP contribution in [0.25, 0.3) is 0 Å². The van der Waals surface area contributed by atoms with Crippen LogP contribution < -0.4 is 0 Å². The van der Waals surface area contributed by atoms with E-state index in [0.717, 1.165) is 0 Å². The summed E-state index contributed by atoms with van der Waals surface area (Å²) in [5.41, 5.74) is -0.0679. The first kappa shape index (κ1) is 13.9. The van der Waals surface area contributed by atoms with Crippen molar-refractivity contribution in [2.45, 2.75) is 12.2 Å². The average Bonchev–Trinajstić information content (AvgIpc) is 2.69. The van der Waals surface area contributed by atoms with Crippen molar-refractivity contribution in [2.24, 2.45) is 0 Å². The summed E-state index contributed by atoms with van der Waals surface area (Å²) in [6.45, 7) is 0.0181. The molecule has 1 aromatic rings. The second kappa shape index (κ2) is 5.24. The molecule has 7 nitrogen and oxygen atoms in total. The van der Waals surface area contributed by atoms with Gasteiger partial charge in [0.15, 0.2) is 0 Å². The molecule has 2 atom stereocenters. The lowest BCUT2D eigenvalue weighted by Crippen LogP contribution is -2.30. The van der Waals surface area contributed by atoms with Crippen molar-refractivity contribution in [2.75, 3.05) is 13.1 Å². The molecule has 1 fully saturated rings. The fourth-order valence-electron chi connectivity index (χ4n) is 1.93. The summed E-state index contributed by atoms with van der Waals surface area (Å²) >= 11 is 3.05. The lowest BCUT2D eigenvalue weighted by atomic mass is 10.2. The highest BCUT2D eigenvalue weighted by Crippen LogP contribution is 2.29. The van der Waals surface area contributed by atoms with Gasteiger partial charge in [0, 0.05) is 19.2 Å². The number of hydrogen-bond donors (Lipinski definition) is 2. The molecular formula is C11H11BrN2O5.